The van der Waals surface area contributed by atoms with E-state index in [1.54, 1.807) is 6.92 Å². The van der Waals surface area contributed by atoms with Crippen molar-refractivity contribution in [3.63, 3.8) is 0 Å². The summed E-state index contributed by atoms with van der Waals surface area (Å²) < 4.78 is 26.3. The predicted octanol–water partition coefficient (Wildman–Crippen LogP) is -0.725. The van der Waals surface area contributed by atoms with Gasteiger partial charge in [0, 0.05) is 19.0 Å². The number of imidazole rings is 1. The largest absolute Gasteiger partial charge is 0.355 e. The first-order valence-corrected chi connectivity index (χ1v) is 6.76. The normalized spacial score (nSPS) is 21.2. The quantitative estimate of drug-likeness (QED) is 0.665. The highest BCUT2D eigenvalue weighted by Crippen LogP contribution is 2.09. The Hall–Kier alpha value is -1.41. The Kier molecular flexibility index (Phi) is 3.16. The SMILES string of the molecule is Cc1ncc(S(=O)(=O)NC2CCC(=O)NC2)[nH]1. The summed E-state index contributed by atoms with van der Waals surface area (Å²) in [6, 6.07) is -0.263. The van der Waals surface area contributed by atoms with E-state index in [-0.39, 0.29) is 17.0 Å². The van der Waals surface area contributed by atoms with Crippen LogP contribution in [-0.4, -0.2) is 36.9 Å². The fraction of sp³-hybridized carbons (Fsp3) is 0.556. The van der Waals surface area contributed by atoms with E-state index in [1.807, 2.05) is 0 Å². The third-order valence-electron chi connectivity index (χ3n) is 2.56. The predicted molar refractivity (Wildman–Crippen MR) is 59.7 cm³/mol. The Balaban J connectivity index is 2.05. The highest BCUT2D eigenvalue weighted by molar-refractivity contribution is 7.89. The third kappa shape index (κ3) is 2.83. The van der Waals surface area contributed by atoms with Gasteiger partial charge < -0.3 is 10.3 Å². The van der Waals surface area contributed by atoms with Crippen molar-refractivity contribution in [1.29, 1.82) is 0 Å². The molecule has 94 valence electrons. The minimum atomic E-state index is -3.58. The Labute approximate surface area is 99.1 Å². The number of aryl methyl sites for hydroxylation is 1. The molecule has 1 atom stereocenters. The lowest BCUT2D eigenvalue weighted by molar-refractivity contribution is -0.122. The Morgan fingerprint density at radius 3 is 2.82 bits per heavy atom. The zero-order valence-corrected chi connectivity index (χ0v) is 10.2. The van der Waals surface area contributed by atoms with Crippen LogP contribution in [0.4, 0.5) is 0 Å². The van der Waals surface area contributed by atoms with Crippen molar-refractivity contribution in [1.82, 2.24) is 20.0 Å². The summed E-state index contributed by atoms with van der Waals surface area (Å²) in [6.07, 6.45) is 2.13. The zero-order chi connectivity index (χ0) is 12.5. The number of piperidine rings is 1. The molecule has 0 radical (unpaired) electrons. The first kappa shape index (κ1) is 12.1. The van der Waals surface area contributed by atoms with E-state index >= 15 is 0 Å². The first-order valence-electron chi connectivity index (χ1n) is 5.28. The molecule has 0 aliphatic carbocycles. The molecule has 1 amide bonds. The number of aromatic amines is 1. The van der Waals surface area contributed by atoms with Crippen LogP contribution in [0.25, 0.3) is 0 Å². The van der Waals surface area contributed by atoms with Crippen LogP contribution in [0.5, 0.6) is 0 Å². The molecule has 7 nitrogen and oxygen atoms in total. The summed E-state index contributed by atoms with van der Waals surface area (Å²) in [6.45, 7) is 2.00. The van der Waals surface area contributed by atoms with Gasteiger partial charge in [-0.1, -0.05) is 0 Å². The summed E-state index contributed by atoms with van der Waals surface area (Å²) in [5, 5.41) is 2.67. The smallest absolute Gasteiger partial charge is 0.257 e. The average molecular weight is 258 g/mol. The highest BCUT2D eigenvalue weighted by atomic mass is 32.2. The van der Waals surface area contributed by atoms with E-state index in [2.05, 4.69) is 20.0 Å². The van der Waals surface area contributed by atoms with Crippen molar-refractivity contribution in [3.05, 3.63) is 12.0 Å². The molecule has 0 aromatic carbocycles. The van der Waals surface area contributed by atoms with Crippen molar-refractivity contribution in [3.8, 4) is 0 Å². The molecular formula is C9H14N4O3S. The van der Waals surface area contributed by atoms with Crippen molar-refractivity contribution >= 4 is 15.9 Å². The first-order chi connectivity index (χ1) is 7.97. The fourth-order valence-corrected chi connectivity index (χ4v) is 2.89. The lowest BCUT2D eigenvalue weighted by atomic mass is 10.1. The molecule has 2 heterocycles. The number of amides is 1. The summed E-state index contributed by atoms with van der Waals surface area (Å²) in [4.78, 5) is 17.5. The van der Waals surface area contributed by atoms with Crippen LogP contribution in [0.15, 0.2) is 11.2 Å². The number of rotatable bonds is 3. The van der Waals surface area contributed by atoms with Gasteiger partial charge in [-0.3, -0.25) is 4.79 Å². The van der Waals surface area contributed by atoms with E-state index < -0.39 is 10.0 Å². The number of hydrogen-bond donors (Lipinski definition) is 3. The standard InChI is InChI=1S/C9H14N4O3S/c1-6-10-5-9(12-6)17(15,16)13-7-2-3-8(14)11-4-7/h5,7,13H,2-4H2,1H3,(H,10,12)(H,11,14). The van der Waals surface area contributed by atoms with Crippen LogP contribution in [-0.2, 0) is 14.8 Å². The number of H-pyrrole nitrogens is 1. The molecule has 0 bridgehead atoms. The van der Waals surface area contributed by atoms with Crippen molar-refractivity contribution in [2.45, 2.75) is 30.8 Å². The average Bonchev–Trinajstić information content (AvgIpc) is 2.69. The van der Waals surface area contributed by atoms with Crippen molar-refractivity contribution in [2.75, 3.05) is 6.54 Å². The Morgan fingerprint density at radius 1 is 1.53 bits per heavy atom. The van der Waals surface area contributed by atoms with Gasteiger partial charge in [-0.15, -0.1) is 0 Å². The molecule has 1 aromatic heterocycles. The number of nitrogens with one attached hydrogen (secondary N) is 3. The minimum Gasteiger partial charge on any atom is -0.355 e. The van der Waals surface area contributed by atoms with Gasteiger partial charge in [0.2, 0.25) is 5.91 Å². The summed E-state index contributed by atoms with van der Waals surface area (Å²) in [5.41, 5.74) is 0. The van der Waals surface area contributed by atoms with Crippen LogP contribution in [0.2, 0.25) is 0 Å². The van der Waals surface area contributed by atoms with Gasteiger partial charge in [-0.25, -0.2) is 18.1 Å². The van der Waals surface area contributed by atoms with Crippen LogP contribution >= 0.6 is 0 Å². The molecule has 1 aliphatic rings. The van der Waals surface area contributed by atoms with E-state index in [1.165, 1.54) is 6.20 Å². The monoisotopic (exact) mass is 258 g/mol. The molecule has 1 aromatic rings. The molecule has 1 fully saturated rings. The number of sulfonamides is 1. The molecule has 1 aliphatic heterocycles. The number of aromatic nitrogens is 2. The molecule has 0 spiro atoms. The second kappa shape index (κ2) is 4.46. The number of carbonyl (C=O) groups is 1. The molecule has 3 N–H and O–H groups in total. The highest BCUT2D eigenvalue weighted by Gasteiger charge is 2.25. The molecule has 1 unspecified atom stereocenters. The molecule has 8 heteroatoms. The van der Waals surface area contributed by atoms with Crippen LogP contribution in [0.3, 0.4) is 0 Å². The zero-order valence-electron chi connectivity index (χ0n) is 9.36. The summed E-state index contributed by atoms with van der Waals surface area (Å²) in [7, 11) is -3.58. The van der Waals surface area contributed by atoms with Gasteiger partial charge in [0.25, 0.3) is 10.0 Å². The van der Waals surface area contributed by atoms with Crippen LogP contribution in [0.1, 0.15) is 18.7 Å². The van der Waals surface area contributed by atoms with Gasteiger partial charge in [0.05, 0.1) is 6.20 Å². The number of nitrogens with zero attached hydrogens (tertiary/aromatic N) is 1. The summed E-state index contributed by atoms with van der Waals surface area (Å²) in [5.74, 6) is 0.500. The topological polar surface area (TPSA) is 104 Å². The molecule has 2 rings (SSSR count). The van der Waals surface area contributed by atoms with Gasteiger partial charge in [-0.2, -0.15) is 0 Å². The third-order valence-corrected chi connectivity index (χ3v) is 3.99. The maximum Gasteiger partial charge on any atom is 0.257 e. The van der Waals surface area contributed by atoms with Crippen molar-refractivity contribution in [2.24, 2.45) is 0 Å². The maximum absolute atomic E-state index is 11.9. The molecule has 17 heavy (non-hydrogen) atoms. The van der Waals surface area contributed by atoms with Crippen LogP contribution in [0, 0.1) is 6.92 Å². The van der Waals surface area contributed by atoms with Gasteiger partial charge in [0.1, 0.15) is 5.82 Å². The summed E-state index contributed by atoms with van der Waals surface area (Å²) >= 11 is 0. The molecule has 1 saturated heterocycles. The van der Waals surface area contributed by atoms with Gasteiger partial charge >= 0.3 is 0 Å². The van der Waals surface area contributed by atoms with Gasteiger partial charge in [0.15, 0.2) is 5.03 Å². The fourth-order valence-electron chi connectivity index (χ4n) is 1.65. The maximum atomic E-state index is 11.9. The van der Waals surface area contributed by atoms with Crippen LogP contribution < -0.4 is 10.0 Å². The van der Waals surface area contributed by atoms with E-state index in [4.69, 9.17) is 0 Å². The molecular weight excluding hydrogens is 244 g/mol. The lowest BCUT2D eigenvalue weighted by Crippen LogP contribution is -2.47. The number of hydrogen-bond acceptors (Lipinski definition) is 4. The number of carbonyl (C=O) groups excluding carboxylic acids is 1. The Morgan fingerprint density at radius 2 is 2.29 bits per heavy atom. The molecule has 0 saturated carbocycles. The van der Waals surface area contributed by atoms with Crippen molar-refractivity contribution < 1.29 is 13.2 Å². The van der Waals surface area contributed by atoms with E-state index in [9.17, 15) is 13.2 Å². The van der Waals surface area contributed by atoms with E-state index in [0.717, 1.165) is 0 Å². The Bertz CT molecular complexity index is 512. The minimum absolute atomic E-state index is 0.0437. The second-order valence-electron chi connectivity index (χ2n) is 3.99. The van der Waals surface area contributed by atoms with Gasteiger partial charge in [-0.05, 0) is 13.3 Å². The second-order valence-corrected chi connectivity index (χ2v) is 5.68. The lowest BCUT2D eigenvalue weighted by Gasteiger charge is -2.22. The van der Waals surface area contributed by atoms with E-state index in [0.29, 0.717) is 25.2 Å².